The van der Waals surface area contributed by atoms with E-state index >= 15 is 0 Å². The van der Waals surface area contributed by atoms with Gasteiger partial charge in [0.25, 0.3) is 0 Å². The average molecular weight is 321 g/mol. The molecule has 3 rings (SSSR count). The summed E-state index contributed by atoms with van der Waals surface area (Å²) in [7, 11) is 0. The van der Waals surface area contributed by atoms with Gasteiger partial charge >= 0.3 is 0 Å². The third-order valence-electron chi connectivity index (χ3n) is 3.99. The zero-order valence-electron chi connectivity index (χ0n) is 14.0. The lowest BCUT2D eigenvalue weighted by molar-refractivity contribution is 0.216. The monoisotopic (exact) mass is 321 g/mol. The third-order valence-corrected chi connectivity index (χ3v) is 3.99. The summed E-state index contributed by atoms with van der Waals surface area (Å²) < 4.78 is 11.7. The van der Waals surface area contributed by atoms with Crippen molar-refractivity contribution in [3.05, 3.63) is 71.8 Å². The van der Waals surface area contributed by atoms with Crippen molar-refractivity contribution in [2.45, 2.75) is 13.3 Å². The second-order valence-corrected chi connectivity index (χ2v) is 5.82. The highest BCUT2D eigenvalue weighted by Crippen LogP contribution is 2.28. The molecule has 0 saturated carbocycles. The molecule has 0 atom stereocenters. The minimum absolute atomic E-state index is 0.504. The summed E-state index contributed by atoms with van der Waals surface area (Å²) >= 11 is 0. The van der Waals surface area contributed by atoms with Crippen LogP contribution in [0.2, 0.25) is 0 Å². The predicted molar refractivity (Wildman–Crippen MR) is 98.9 cm³/mol. The van der Waals surface area contributed by atoms with Crippen molar-refractivity contribution < 1.29 is 9.47 Å². The zero-order valence-corrected chi connectivity index (χ0v) is 14.0. The molecule has 0 saturated heterocycles. The van der Waals surface area contributed by atoms with Crippen LogP contribution in [-0.2, 0) is 6.42 Å². The van der Waals surface area contributed by atoms with Crippen molar-refractivity contribution in [1.29, 1.82) is 0 Å². The molecular formula is C21H23NO2. The summed E-state index contributed by atoms with van der Waals surface area (Å²) in [5.41, 5.74) is 8.15. The number of nitrogens with two attached hydrogens (primary N) is 1. The van der Waals surface area contributed by atoms with Crippen LogP contribution in [-0.4, -0.2) is 19.8 Å². The fraction of sp³-hybridized carbons (Fsp3) is 0.238. The molecule has 0 bridgehead atoms. The van der Waals surface area contributed by atoms with E-state index in [0.29, 0.717) is 19.8 Å². The van der Waals surface area contributed by atoms with Gasteiger partial charge in [0.05, 0.1) is 0 Å². The lowest BCUT2D eigenvalue weighted by atomic mass is 10.0. The number of ether oxygens (including phenoxy) is 2. The highest BCUT2D eigenvalue weighted by atomic mass is 16.5. The molecule has 124 valence electrons. The Hall–Kier alpha value is -2.52. The first-order valence-corrected chi connectivity index (χ1v) is 8.31. The van der Waals surface area contributed by atoms with Crippen molar-refractivity contribution in [1.82, 2.24) is 0 Å². The van der Waals surface area contributed by atoms with Gasteiger partial charge in [-0.1, -0.05) is 42.5 Å². The van der Waals surface area contributed by atoms with Gasteiger partial charge in [-0.05, 0) is 54.4 Å². The first kappa shape index (κ1) is 16.3. The summed E-state index contributed by atoms with van der Waals surface area (Å²) in [6.07, 6.45) is 0.801. The SMILES string of the molecule is Cc1cccc(OCCOc2ccc3ccccc3c2CCN)c1. The Bertz CT molecular complexity index is 814. The van der Waals surface area contributed by atoms with Gasteiger partial charge in [-0.15, -0.1) is 0 Å². The van der Waals surface area contributed by atoms with Gasteiger partial charge in [-0.3, -0.25) is 0 Å². The molecule has 0 radical (unpaired) electrons. The van der Waals surface area contributed by atoms with E-state index in [1.54, 1.807) is 0 Å². The molecule has 0 aliphatic heterocycles. The van der Waals surface area contributed by atoms with Crippen LogP contribution in [0.25, 0.3) is 10.8 Å². The van der Waals surface area contributed by atoms with E-state index in [4.69, 9.17) is 15.2 Å². The largest absolute Gasteiger partial charge is 0.490 e. The molecule has 3 heteroatoms. The van der Waals surface area contributed by atoms with Crippen LogP contribution in [0, 0.1) is 6.92 Å². The molecule has 0 unspecified atom stereocenters. The molecule has 3 aromatic carbocycles. The molecule has 2 N–H and O–H groups in total. The molecule has 0 aliphatic carbocycles. The lowest BCUT2D eigenvalue weighted by Crippen LogP contribution is -2.11. The number of aryl methyl sites for hydroxylation is 1. The maximum atomic E-state index is 5.97. The van der Waals surface area contributed by atoms with E-state index in [1.165, 1.54) is 21.9 Å². The standard InChI is InChI=1S/C21H23NO2/c1-16-5-4-7-18(15-16)23-13-14-24-21-10-9-17-6-2-3-8-19(17)20(21)11-12-22/h2-10,15H,11-14,22H2,1H3. The molecule has 24 heavy (non-hydrogen) atoms. The Balaban J connectivity index is 1.67. The second kappa shape index (κ2) is 7.84. The van der Waals surface area contributed by atoms with Crippen LogP contribution < -0.4 is 15.2 Å². The van der Waals surface area contributed by atoms with Crippen molar-refractivity contribution in [3.8, 4) is 11.5 Å². The van der Waals surface area contributed by atoms with Gasteiger partial charge in [0.1, 0.15) is 24.7 Å². The van der Waals surface area contributed by atoms with Gasteiger partial charge in [0, 0.05) is 5.56 Å². The smallest absolute Gasteiger partial charge is 0.123 e. The normalized spacial score (nSPS) is 10.8. The number of hydrogen-bond donors (Lipinski definition) is 1. The number of hydrogen-bond acceptors (Lipinski definition) is 3. The minimum atomic E-state index is 0.504. The van der Waals surface area contributed by atoms with E-state index < -0.39 is 0 Å². The van der Waals surface area contributed by atoms with Crippen LogP contribution in [0.4, 0.5) is 0 Å². The summed E-state index contributed by atoms with van der Waals surface area (Å²) in [6.45, 7) is 3.67. The second-order valence-electron chi connectivity index (χ2n) is 5.82. The molecular weight excluding hydrogens is 298 g/mol. The van der Waals surface area contributed by atoms with Crippen LogP contribution in [0.3, 0.4) is 0 Å². The fourth-order valence-corrected chi connectivity index (χ4v) is 2.87. The zero-order chi connectivity index (χ0) is 16.8. The molecule has 0 fully saturated rings. The lowest BCUT2D eigenvalue weighted by Gasteiger charge is -2.14. The number of benzene rings is 3. The quantitative estimate of drug-likeness (QED) is 0.666. The third kappa shape index (κ3) is 3.87. The van der Waals surface area contributed by atoms with Gasteiger partial charge in [-0.2, -0.15) is 0 Å². The number of rotatable bonds is 7. The minimum Gasteiger partial charge on any atom is -0.490 e. The van der Waals surface area contributed by atoms with Crippen LogP contribution in [0.5, 0.6) is 11.5 Å². The van der Waals surface area contributed by atoms with Crippen molar-refractivity contribution in [2.75, 3.05) is 19.8 Å². The molecule has 0 aliphatic rings. The van der Waals surface area contributed by atoms with Gasteiger partial charge in [-0.25, -0.2) is 0 Å². The first-order chi connectivity index (χ1) is 11.8. The molecule has 0 spiro atoms. The maximum absolute atomic E-state index is 5.97. The fourth-order valence-electron chi connectivity index (χ4n) is 2.87. The predicted octanol–water partition coefficient (Wildman–Crippen LogP) is 4.11. The summed E-state index contributed by atoms with van der Waals surface area (Å²) in [5, 5.41) is 2.42. The Morgan fingerprint density at radius 1 is 0.875 bits per heavy atom. The Morgan fingerprint density at radius 3 is 2.54 bits per heavy atom. The van der Waals surface area contributed by atoms with Gasteiger partial charge in [0.15, 0.2) is 0 Å². The molecule has 0 aromatic heterocycles. The van der Waals surface area contributed by atoms with E-state index in [1.807, 2.05) is 36.4 Å². The summed E-state index contributed by atoms with van der Waals surface area (Å²) in [4.78, 5) is 0. The molecule has 0 amide bonds. The molecule has 3 nitrogen and oxygen atoms in total. The van der Waals surface area contributed by atoms with E-state index in [9.17, 15) is 0 Å². The van der Waals surface area contributed by atoms with E-state index in [0.717, 1.165) is 17.9 Å². The Labute approximate surface area is 143 Å². The van der Waals surface area contributed by atoms with Gasteiger partial charge in [0.2, 0.25) is 0 Å². The van der Waals surface area contributed by atoms with Crippen LogP contribution in [0.15, 0.2) is 60.7 Å². The summed E-state index contributed by atoms with van der Waals surface area (Å²) in [6, 6.07) is 20.5. The Kier molecular flexibility index (Phi) is 5.34. The maximum Gasteiger partial charge on any atom is 0.123 e. The van der Waals surface area contributed by atoms with Crippen molar-refractivity contribution in [3.63, 3.8) is 0 Å². The molecule has 0 heterocycles. The van der Waals surface area contributed by atoms with Crippen molar-refractivity contribution >= 4 is 10.8 Å². The highest BCUT2D eigenvalue weighted by molar-refractivity contribution is 5.87. The Morgan fingerprint density at radius 2 is 1.71 bits per heavy atom. The topological polar surface area (TPSA) is 44.5 Å². The average Bonchev–Trinajstić information content (AvgIpc) is 2.60. The van der Waals surface area contributed by atoms with Crippen LogP contribution in [0.1, 0.15) is 11.1 Å². The summed E-state index contributed by atoms with van der Waals surface area (Å²) in [5.74, 6) is 1.77. The van der Waals surface area contributed by atoms with Gasteiger partial charge < -0.3 is 15.2 Å². The highest BCUT2D eigenvalue weighted by Gasteiger charge is 2.08. The number of fused-ring (bicyclic) bond motifs is 1. The van der Waals surface area contributed by atoms with Crippen LogP contribution >= 0.6 is 0 Å². The van der Waals surface area contributed by atoms with E-state index in [-0.39, 0.29) is 0 Å². The van der Waals surface area contributed by atoms with Crippen molar-refractivity contribution in [2.24, 2.45) is 5.73 Å². The first-order valence-electron chi connectivity index (χ1n) is 8.31. The van der Waals surface area contributed by atoms with E-state index in [2.05, 4.69) is 31.2 Å². The molecule has 3 aromatic rings.